The molecule has 1 atom stereocenters. The number of carbonyl (C=O) groups excluding carboxylic acids is 1. The minimum absolute atomic E-state index is 0.283. The van der Waals surface area contributed by atoms with Crippen LogP contribution in [0, 0.1) is 0 Å². The molecule has 26 heavy (non-hydrogen) atoms. The van der Waals surface area contributed by atoms with Crippen LogP contribution in [0.4, 0.5) is 0 Å². The first-order chi connectivity index (χ1) is 12.6. The van der Waals surface area contributed by atoms with Crippen LogP contribution in [0.3, 0.4) is 0 Å². The molecule has 156 valence electrons. The zero-order valence-electron chi connectivity index (χ0n) is 17.8. The van der Waals surface area contributed by atoms with E-state index >= 15 is 0 Å². The van der Waals surface area contributed by atoms with Crippen LogP contribution >= 0.6 is 0 Å². The molecule has 0 aliphatic carbocycles. The van der Waals surface area contributed by atoms with E-state index in [1.165, 1.54) is 83.5 Å². The van der Waals surface area contributed by atoms with E-state index in [2.05, 4.69) is 6.92 Å². The highest BCUT2D eigenvalue weighted by atomic mass is 16.6. The van der Waals surface area contributed by atoms with Gasteiger partial charge in [-0.3, -0.25) is 4.79 Å². The first kappa shape index (κ1) is 25.4. The summed E-state index contributed by atoms with van der Waals surface area (Å²) in [6, 6.07) is 0. The Morgan fingerprint density at radius 3 is 1.54 bits per heavy atom. The Morgan fingerprint density at radius 2 is 1.15 bits per heavy atom. The first-order valence-electron chi connectivity index (χ1n) is 11.1. The fourth-order valence-electron chi connectivity index (χ4n) is 3.20. The van der Waals surface area contributed by atoms with Gasteiger partial charge in [0.05, 0.1) is 6.54 Å². The van der Waals surface area contributed by atoms with Gasteiger partial charge >= 0.3 is 5.97 Å². The summed E-state index contributed by atoms with van der Waals surface area (Å²) in [4.78, 5) is 13.4. The second-order valence-electron chi connectivity index (χ2n) is 7.91. The lowest BCUT2D eigenvalue weighted by molar-refractivity contribution is -0.169. The van der Waals surface area contributed by atoms with Gasteiger partial charge in [0.25, 0.3) is 0 Å². The molecule has 0 amide bonds. The third kappa shape index (κ3) is 19.7. The van der Waals surface area contributed by atoms with Gasteiger partial charge in [-0.25, -0.2) is 0 Å². The van der Waals surface area contributed by atoms with Crippen molar-refractivity contribution in [2.45, 2.75) is 116 Å². The molecule has 0 bridgehead atoms. The minimum Gasteiger partial charge on any atom is -0.435 e. The fraction of sp³-hybridized carbons (Fsp3) is 0.955. The number of hydrogen-bond acceptors (Lipinski definition) is 4. The summed E-state index contributed by atoms with van der Waals surface area (Å²) in [5, 5.41) is 9.53. The molecule has 0 heterocycles. The van der Waals surface area contributed by atoms with E-state index in [1.54, 1.807) is 4.90 Å². The Morgan fingerprint density at radius 1 is 0.769 bits per heavy atom. The van der Waals surface area contributed by atoms with Gasteiger partial charge in [-0.1, -0.05) is 96.8 Å². The zero-order chi connectivity index (χ0) is 19.5. The third-order valence-corrected chi connectivity index (χ3v) is 4.77. The van der Waals surface area contributed by atoms with Gasteiger partial charge in [-0.2, -0.15) is 0 Å². The van der Waals surface area contributed by atoms with Crippen molar-refractivity contribution < 1.29 is 14.6 Å². The summed E-state index contributed by atoms with van der Waals surface area (Å²) in [6.07, 6.45) is 19.1. The van der Waals surface area contributed by atoms with Crippen molar-refractivity contribution in [1.82, 2.24) is 4.90 Å². The molecule has 4 nitrogen and oxygen atoms in total. The Hall–Kier alpha value is -0.610. The summed E-state index contributed by atoms with van der Waals surface area (Å²) in [5.41, 5.74) is 0. The maximum Gasteiger partial charge on any atom is 0.308 e. The first-order valence-corrected chi connectivity index (χ1v) is 11.1. The number of carbonyl (C=O) groups is 1. The monoisotopic (exact) mass is 371 g/mol. The molecule has 0 saturated carbocycles. The predicted molar refractivity (Wildman–Crippen MR) is 110 cm³/mol. The van der Waals surface area contributed by atoms with Crippen molar-refractivity contribution in [3.8, 4) is 0 Å². The number of likely N-dealkylation sites (N-methyl/N-ethyl adjacent to an activating group) is 1. The standard InChI is InChI=1S/C22H45NO3/c1-4-5-6-7-8-9-10-11-12-13-14-15-16-17-18-19-21(24)26-22(25)20-23(2)3/h22,25H,4-20H2,1-3H3. The molecule has 0 rings (SSSR count). The van der Waals surface area contributed by atoms with E-state index in [0.717, 1.165) is 12.8 Å². The smallest absolute Gasteiger partial charge is 0.308 e. The van der Waals surface area contributed by atoms with Gasteiger partial charge in [0.15, 0.2) is 0 Å². The van der Waals surface area contributed by atoms with Crippen molar-refractivity contribution >= 4 is 5.97 Å². The van der Waals surface area contributed by atoms with Crippen LogP contribution in [-0.4, -0.2) is 42.9 Å². The SMILES string of the molecule is CCCCCCCCCCCCCCCCCC(=O)OC(O)CN(C)C. The van der Waals surface area contributed by atoms with Gasteiger partial charge in [0.2, 0.25) is 6.29 Å². The molecule has 0 aromatic heterocycles. The molecule has 0 aliphatic heterocycles. The molecule has 0 aromatic rings. The average molecular weight is 372 g/mol. The largest absolute Gasteiger partial charge is 0.435 e. The van der Waals surface area contributed by atoms with Gasteiger partial charge in [-0.05, 0) is 20.5 Å². The zero-order valence-corrected chi connectivity index (χ0v) is 17.8. The van der Waals surface area contributed by atoms with E-state index in [0.29, 0.717) is 13.0 Å². The molecule has 1 N–H and O–H groups in total. The van der Waals surface area contributed by atoms with Crippen LogP contribution in [0.15, 0.2) is 0 Å². The molecular weight excluding hydrogens is 326 g/mol. The second kappa shape index (κ2) is 19.2. The lowest BCUT2D eigenvalue weighted by Crippen LogP contribution is -2.30. The van der Waals surface area contributed by atoms with Crippen molar-refractivity contribution in [2.75, 3.05) is 20.6 Å². The van der Waals surface area contributed by atoms with Crippen molar-refractivity contribution in [1.29, 1.82) is 0 Å². The fourth-order valence-corrected chi connectivity index (χ4v) is 3.20. The molecule has 0 saturated heterocycles. The van der Waals surface area contributed by atoms with Crippen molar-refractivity contribution in [3.05, 3.63) is 0 Å². The number of aliphatic hydroxyl groups is 1. The highest BCUT2D eigenvalue weighted by Gasteiger charge is 2.11. The van der Waals surface area contributed by atoms with Crippen LogP contribution in [0.25, 0.3) is 0 Å². The van der Waals surface area contributed by atoms with Crippen LogP contribution in [0.2, 0.25) is 0 Å². The second-order valence-corrected chi connectivity index (χ2v) is 7.91. The molecule has 0 spiro atoms. The number of rotatable bonds is 19. The van der Waals surface area contributed by atoms with E-state index in [4.69, 9.17) is 4.74 Å². The molecule has 1 unspecified atom stereocenters. The van der Waals surface area contributed by atoms with Gasteiger partial charge in [0, 0.05) is 6.42 Å². The topological polar surface area (TPSA) is 49.8 Å². The van der Waals surface area contributed by atoms with E-state index in [-0.39, 0.29) is 5.97 Å². The molecule has 0 fully saturated rings. The van der Waals surface area contributed by atoms with Gasteiger partial charge in [0.1, 0.15) is 0 Å². The van der Waals surface area contributed by atoms with E-state index in [1.807, 2.05) is 14.1 Å². The Balaban J connectivity index is 3.20. The maximum atomic E-state index is 11.6. The van der Waals surface area contributed by atoms with E-state index < -0.39 is 6.29 Å². The molecule has 0 radical (unpaired) electrons. The number of aliphatic hydroxyl groups excluding tert-OH is 1. The van der Waals surface area contributed by atoms with Gasteiger partial charge < -0.3 is 14.7 Å². The maximum absolute atomic E-state index is 11.6. The highest BCUT2D eigenvalue weighted by molar-refractivity contribution is 5.69. The highest BCUT2D eigenvalue weighted by Crippen LogP contribution is 2.13. The molecular formula is C22H45NO3. The molecule has 4 heteroatoms. The Labute approximate surface area is 162 Å². The van der Waals surface area contributed by atoms with Crippen molar-refractivity contribution in [3.63, 3.8) is 0 Å². The van der Waals surface area contributed by atoms with E-state index in [9.17, 15) is 9.90 Å². The van der Waals surface area contributed by atoms with Crippen LogP contribution in [-0.2, 0) is 9.53 Å². The summed E-state index contributed by atoms with van der Waals surface area (Å²) in [6.45, 7) is 2.62. The summed E-state index contributed by atoms with van der Waals surface area (Å²) >= 11 is 0. The van der Waals surface area contributed by atoms with Gasteiger partial charge in [-0.15, -0.1) is 0 Å². The molecule has 0 aromatic carbocycles. The normalized spacial score (nSPS) is 12.5. The number of unbranched alkanes of at least 4 members (excludes halogenated alkanes) is 14. The predicted octanol–water partition coefficient (Wildman–Crippen LogP) is 5.67. The van der Waals surface area contributed by atoms with Crippen LogP contribution < -0.4 is 0 Å². The Kier molecular flexibility index (Phi) is 18.7. The third-order valence-electron chi connectivity index (χ3n) is 4.77. The summed E-state index contributed by atoms with van der Waals surface area (Å²) in [7, 11) is 3.68. The van der Waals surface area contributed by atoms with Crippen LogP contribution in [0.5, 0.6) is 0 Å². The number of esters is 1. The summed E-state index contributed by atoms with van der Waals surface area (Å²) < 4.78 is 4.96. The van der Waals surface area contributed by atoms with Crippen LogP contribution in [0.1, 0.15) is 110 Å². The summed E-state index contributed by atoms with van der Waals surface area (Å²) in [5.74, 6) is -0.283. The quantitative estimate of drug-likeness (QED) is 0.180. The number of hydrogen-bond donors (Lipinski definition) is 1. The molecule has 0 aliphatic rings. The van der Waals surface area contributed by atoms with Crippen molar-refractivity contribution in [2.24, 2.45) is 0 Å². The number of nitrogens with zero attached hydrogens (tertiary/aromatic N) is 1. The lowest BCUT2D eigenvalue weighted by atomic mass is 10.0. The lowest BCUT2D eigenvalue weighted by Gasteiger charge is -2.16. The average Bonchev–Trinajstić information content (AvgIpc) is 2.57. The Bertz CT molecular complexity index is 308. The number of ether oxygens (including phenoxy) is 1. The minimum atomic E-state index is -1.01.